The zero-order valence-corrected chi connectivity index (χ0v) is 12.6. The first kappa shape index (κ1) is 15.2. The first-order valence-electron chi connectivity index (χ1n) is 6.83. The number of carbonyl (C=O) groups is 1. The summed E-state index contributed by atoms with van der Waals surface area (Å²) < 4.78 is 12.9. The van der Waals surface area contributed by atoms with E-state index in [4.69, 9.17) is 11.6 Å². The number of benzene rings is 2. The van der Waals surface area contributed by atoms with Crippen molar-refractivity contribution in [2.45, 2.75) is 6.42 Å². The Kier molecular flexibility index (Phi) is 4.34. The third kappa shape index (κ3) is 3.92. The Morgan fingerprint density at radius 3 is 2.52 bits per heavy atom. The molecule has 2 N–H and O–H groups in total. The van der Waals surface area contributed by atoms with Gasteiger partial charge >= 0.3 is 0 Å². The Morgan fingerprint density at radius 2 is 1.83 bits per heavy atom. The fourth-order valence-electron chi connectivity index (χ4n) is 2.01. The van der Waals surface area contributed by atoms with Crippen LogP contribution in [0.25, 0.3) is 11.4 Å². The molecular formula is C16H12ClFN4O. The summed E-state index contributed by atoms with van der Waals surface area (Å²) in [5.74, 6) is 0.0526. The van der Waals surface area contributed by atoms with Gasteiger partial charge in [0.1, 0.15) is 5.82 Å². The van der Waals surface area contributed by atoms with Gasteiger partial charge in [0.25, 0.3) is 0 Å². The average Bonchev–Trinajstić information content (AvgIpc) is 2.98. The molecule has 116 valence electrons. The molecule has 0 radical (unpaired) electrons. The van der Waals surface area contributed by atoms with E-state index >= 15 is 0 Å². The Bertz CT molecular complexity index is 815. The van der Waals surface area contributed by atoms with Gasteiger partial charge in [-0.25, -0.2) is 4.39 Å². The highest BCUT2D eigenvalue weighted by Crippen LogP contribution is 2.16. The largest absolute Gasteiger partial charge is 0.293 e. The van der Waals surface area contributed by atoms with E-state index in [1.54, 1.807) is 36.4 Å². The van der Waals surface area contributed by atoms with Crippen LogP contribution in [-0.4, -0.2) is 21.1 Å². The van der Waals surface area contributed by atoms with Crippen LogP contribution >= 0.6 is 11.6 Å². The second kappa shape index (κ2) is 6.58. The molecule has 2 aromatic carbocycles. The van der Waals surface area contributed by atoms with E-state index in [2.05, 4.69) is 20.5 Å². The molecule has 0 spiro atoms. The van der Waals surface area contributed by atoms with E-state index in [-0.39, 0.29) is 24.1 Å². The molecule has 1 heterocycles. The third-order valence-electron chi connectivity index (χ3n) is 3.13. The summed E-state index contributed by atoms with van der Waals surface area (Å²) in [6.45, 7) is 0. The zero-order valence-electron chi connectivity index (χ0n) is 11.9. The molecule has 0 saturated heterocycles. The van der Waals surface area contributed by atoms with Crippen molar-refractivity contribution in [3.63, 3.8) is 0 Å². The molecule has 1 amide bonds. The summed E-state index contributed by atoms with van der Waals surface area (Å²) in [7, 11) is 0. The Labute approximate surface area is 136 Å². The standard InChI is InChI=1S/C16H12ClFN4O/c17-12-5-1-10(2-6-12)9-14(23)19-16-20-15(21-22-16)11-3-7-13(18)8-4-11/h1-8H,9H2,(H2,19,20,21,22,23). The van der Waals surface area contributed by atoms with Crippen LogP contribution in [0, 0.1) is 5.82 Å². The van der Waals surface area contributed by atoms with Crippen LogP contribution in [0.4, 0.5) is 10.3 Å². The maximum absolute atomic E-state index is 12.9. The number of anilines is 1. The molecule has 23 heavy (non-hydrogen) atoms. The number of hydrogen-bond acceptors (Lipinski definition) is 3. The molecule has 0 saturated carbocycles. The van der Waals surface area contributed by atoms with Gasteiger partial charge in [0.05, 0.1) is 6.42 Å². The predicted octanol–water partition coefficient (Wildman–Crippen LogP) is 3.45. The van der Waals surface area contributed by atoms with E-state index in [1.165, 1.54) is 12.1 Å². The number of carbonyl (C=O) groups excluding carboxylic acids is 1. The quantitative estimate of drug-likeness (QED) is 0.769. The molecule has 0 atom stereocenters. The topological polar surface area (TPSA) is 70.7 Å². The van der Waals surface area contributed by atoms with Gasteiger partial charge < -0.3 is 0 Å². The minimum Gasteiger partial charge on any atom is -0.293 e. The van der Waals surface area contributed by atoms with Gasteiger partial charge in [-0.15, -0.1) is 5.10 Å². The summed E-state index contributed by atoms with van der Waals surface area (Å²) >= 11 is 5.80. The number of halogens is 2. The number of aromatic amines is 1. The van der Waals surface area contributed by atoms with Crippen molar-refractivity contribution < 1.29 is 9.18 Å². The van der Waals surface area contributed by atoms with Gasteiger partial charge in [-0.2, -0.15) is 4.98 Å². The lowest BCUT2D eigenvalue weighted by Crippen LogP contribution is -2.15. The van der Waals surface area contributed by atoms with Crippen molar-refractivity contribution in [3.8, 4) is 11.4 Å². The monoisotopic (exact) mass is 330 g/mol. The molecule has 0 fully saturated rings. The number of rotatable bonds is 4. The molecule has 0 aliphatic carbocycles. The summed E-state index contributed by atoms with van der Waals surface area (Å²) in [5, 5.41) is 9.86. The highest BCUT2D eigenvalue weighted by Gasteiger charge is 2.10. The van der Waals surface area contributed by atoms with E-state index < -0.39 is 0 Å². The summed E-state index contributed by atoms with van der Waals surface area (Å²) in [6.07, 6.45) is 0.192. The molecule has 1 aromatic heterocycles. The first-order chi connectivity index (χ1) is 11.1. The highest BCUT2D eigenvalue weighted by molar-refractivity contribution is 6.30. The lowest BCUT2D eigenvalue weighted by atomic mass is 10.1. The van der Waals surface area contributed by atoms with Crippen LogP contribution in [0.15, 0.2) is 48.5 Å². The average molecular weight is 331 g/mol. The van der Waals surface area contributed by atoms with Crippen LogP contribution in [0.5, 0.6) is 0 Å². The summed E-state index contributed by atoms with van der Waals surface area (Å²) in [5.41, 5.74) is 1.51. The molecule has 3 aromatic rings. The number of H-pyrrole nitrogens is 1. The minimum absolute atomic E-state index is 0.170. The van der Waals surface area contributed by atoms with Crippen LogP contribution in [0.1, 0.15) is 5.56 Å². The molecule has 0 aliphatic rings. The fourth-order valence-corrected chi connectivity index (χ4v) is 2.14. The van der Waals surface area contributed by atoms with Crippen molar-refractivity contribution in [1.82, 2.24) is 15.2 Å². The second-order valence-corrected chi connectivity index (χ2v) is 5.30. The normalized spacial score (nSPS) is 10.5. The third-order valence-corrected chi connectivity index (χ3v) is 3.38. The van der Waals surface area contributed by atoms with Gasteiger partial charge in [0.2, 0.25) is 11.9 Å². The van der Waals surface area contributed by atoms with Crippen LogP contribution in [0.2, 0.25) is 5.02 Å². The van der Waals surface area contributed by atoms with Gasteiger partial charge in [-0.05, 0) is 42.0 Å². The fraction of sp³-hybridized carbons (Fsp3) is 0.0625. The number of amides is 1. The SMILES string of the molecule is O=C(Cc1ccc(Cl)cc1)Nc1n[nH]c(-c2ccc(F)cc2)n1. The van der Waals surface area contributed by atoms with Crippen LogP contribution < -0.4 is 5.32 Å². The number of hydrogen-bond donors (Lipinski definition) is 2. The van der Waals surface area contributed by atoms with Crippen molar-refractivity contribution in [1.29, 1.82) is 0 Å². The van der Waals surface area contributed by atoms with E-state index in [0.29, 0.717) is 16.4 Å². The van der Waals surface area contributed by atoms with E-state index in [9.17, 15) is 9.18 Å². The second-order valence-electron chi connectivity index (χ2n) is 4.87. The summed E-state index contributed by atoms with van der Waals surface area (Å²) in [6, 6.07) is 12.8. The van der Waals surface area contributed by atoms with Crippen molar-refractivity contribution in [2.75, 3.05) is 5.32 Å². The Balaban J connectivity index is 1.65. The molecule has 3 rings (SSSR count). The smallest absolute Gasteiger partial charge is 0.249 e. The zero-order chi connectivity index (χ0) is 16.2. The summed E-state index contributed by atoms with van der Waals surface area (Å²) in [4.78, 5) is 16.1. The number of aromatic nitrogens is 3. The molecule has 0 aliphatic heterocycles. The lowest BCUT2D eigenvalue weighted by molar-refractivity contribution is -0.115. The van der Waals surface area contributed by atoms with Crippen LogP contribution in [0.3, 0.4) is 0 Å². The maximum atomic E-state index is 12.9. The van der Waals surface area contributed by atoms with Gasteiger partial charge in [-0.1, -0.05) is 23.7 Å². The minimum atomic E-state index is -0.329. The molecule has 7 heteroatoms. The first-order valence-corrected chi connectivity index (χ1v) is 7.20. The molecular weight excluding hydrogens is 319 g/mol. The van der Waals surface area contributed by atoms with Crippen LogP contribution in [-0.2, 0) is 11.2 Å². The van der Waals surface area contributed by atoms with Gasteiger partial charge in [0, 0.05) is 10.6 Å². The van der Waals surface area contributed by atoms with Gasteiger partial charge in [0.15, 0.2) is 5.82 Å². The van der Waals surface area contributed by atoms with Crippen molar-refractivity contribution >= 4 is 23.5 Å². The lowest BCUT2D eigenvalue weighted by Gasteiger charge is -2.01. The van der Waals surface area contributed by atoms with Crippen molar-refractivity contribution in [3.05, 3.63) is 64.9 Å². The maximum Gasteiger partial charge on any atom is 0.249 e. The highest BCUT2D eigenvalue weighted by atomic mass is 35.5. The number of nitrogens with zero attached hydrogens (tertiary/aromatic N) is 2. The van der Waals surface area contributed by atoms with E-state index in [1.807, 2.05) is 0 Å². The molecule has 0 unspecified atom stereocenters. The Morgan fingerprint density at radius 1 is 1.13 bits per heavy atom. The Hall–Kier alpha value is -2.73. The van der Waals surface area contributed by atoms with Crippen molar-refractivity contribution in [2.24, 2.45) is 0 Å². The molecule has 5 nitrogen and oxygen atoms in total. The van der Waals surface area contributed by atoms with E-state index in [0.717, 1.165) is 5.56 Å². The van der Waals surface area contributed by atoms with Gasteiger partial charge in [-0.3, -0.25) is 15.2 Å². The molecule has 0 bridgehead atoms. The predicted molar refractivity (Wildman–Crippen MR) is 85.6 cm³/mol. The number of nitrogens with one attached hydrogen (secondary N) is 2.